The van der Waals surface area contributed by atoms with Crippen LogP contribution >= 0.6 is 15.9 Å². The number of nitrogens with zero attached hydrogens (tertiary/aromatic N) is 1. The molecule has 1 heterocycles. The minimum absolute atomic E-state index is 0.312. The van der Waals surface area contributed by atoms with Gasteiger partial charge in [-0.25, -0.2) is 9.18 Å². The molecular weight excluding hydrogens is 445 g/mol. The molecule has 0 saturated carbocycles. The average molecular weight is 484 g/mol. The predicted octanol–water partition coefficient (Wildman–Crippen LogP) is 8.77. The van der Waals surface area contributed by atoms with Crippen molar-refractivity contribution in [2.24, 2.45) is 7.05 Å². The summed E-state index contributed by atoms with van der Waals surface area (Å²) in [4.78, 5) is 12.2. The lowest BCUT2D eigenvalue weighted by Gasteiger charge is -2.19. The van der Waals surface area contributed by atoms with E-state index in [1.807, 2.05) is 63.6 Å². The van der Waals surface area contributed by atoms with Crippen molar-refractivity contribution in [1.29, 1.82) is 0 Å². The fourth-order valence-electron chi connectivity index (χ4n) is 1.90. The van der Waals surface area contributed by atoms with Crippen molar-refractivity contribution in [1.82, 2.24) is 4.57 Å². The Morgan fingerprint density at radius 3 is 1.93 bits per heavy atom. The first-order valence-electron chi connectivity index (χ1n) is 10.1. The molecular formula is C25H39BrFNO2. The van der Waals surface area contributed by atoms with E-state index in [0.717, 1.165) is 15.4 Å². The van der Waals surface area contributed by atoms with Crippen molar-refractivity contribution in [2.45, 2.75) is 74.3 Å². The third-order valence-corrected chi connectivity index (χ3v) is 4.02. The Hall–Kier alpha value is -1.88. The van der Waals surface area contributed by atoms with Crippen LogP contribution in [0.15, 0.2) is 52.8 Å². The molecule has 1 aromatic heterocycles. The number of ether oxygens (including phenoxy) is 1. The zero-order valence-corrected chi connectivity index (χ0v) is 21.9. The Balaban J connectivity index is 0. The number of esters is 1. The van der Waals surface area contributed by atoms with E-state index in [2.05, 4.69) is 56.3 Å². The minimum Gasteiger partial charge on any atom is -0.455 e. The second-order valence-electron chi connectivity index (χ2n) is 7.99. The number of carbonyl (C=O) groups excluding carboxylic acids is 1. The van der Waals surface area contributed by atoms with Gasteiger partial charge in [-0.3, -0.25) is 0 Å². The maximum absolute atomic E-state index is 12.2. The maximum Gasteiger partial charge on any atom is 0.356 e. The molecule has 0 aliphatic rings. The van der Waals surface area contributed by atoms with E-state index in [1.54, 1.807) is 0 Å². The van der Waals surface area contributed by atoms with Gasteiger partial charge in [0.15, 0.2) is 0 Å². The summed E-state index contributed by atoms with van der Waals surface area (Å²) in [6, 6.07) is 7.86. The van der Waals surface area contributed by atoms with Gasteiger partial charge < -0.3 is 9.30 Å². The molecule has 0 bridgehead atoms. The lowest BCUT2D eigenvalue weighted by atomic mass is 10.2. The SMILES string of the molecule is C=C(C)F.CC=C(C)C.CCC.Cn1c(C(=O)OC(C)(C)C)c(Br)c2ccccc21. The summed E-state index contributed by atoms with van der Waals surface area (Å²) in [5.74, 6) is -0.645. The molecule has 0 fully saturated rings. The van der Waals surface area contributed by atoms with Crippen molar-refractivity contribution in [3.63, 3.8) is 0 Å². The van der Waals surface area contributed by atoms with Crippen molar-refractivity contribution in [2.75, 3.05) is 0 Å². The molecule has 0 N–H and O–H groups in total. The van der Waals surface area contributed by atoms with Crippen LogP contribution in [0.4, 0.5) is 4.39 Å². The summed E-state index contributed by atoms with van der Waals surface area (Å²) < 4.78 is 18.9. The number of hydrogen-bond donors (Lipinski definition) is 0. The Morgan fingerprint density at radius 2 is 1.60 bits per heavy atom. The molecule has 30 heavy (non-hydrogen) atoms. The average Bonchev–Trinajstić information content (AvgIpc) is 2.85. The van der Waals surface area contributed by atoms with E-state index in [0.29, 0.717) is 5.69 Å². The van der Waals surface area contributed by atoms with Crippen LogP contribution in [0, 0.1) is 0 Å². The molecule has 0 radical (unpaired) electrons. The predicted molar refractivity (Wildman–Crippen MR) is 133 cm³/mol. The van der Waals surface area contributed by atoms with Crippen LogP contribution in [0.2, 0.25) is 0 Å². The number of fused-ring (bicyclic) bond motifs is 1. The molecule has 1 aromatic carbocycles. The quantitative estimate of drug-likeness (QED) is 0.299. The zero-order chi connectivity index (χ0) is 24.1. The first-order chi connectivity index (χ1) is 13.7. The van der Waals surface area contributed by atoms with Crippen LogP contribution < -0.4 is 0 Å². The molecule has 0 aliphatic heterocycles. The van der Waals surface area contributed by atoms with E-state index in [9.17, 15) is 9.18 Å². The molecule has 0 atom stereocenters. The molecule has 0 saturated heterocycles. The van der Waals surface area contributed by atoms with E-state index in [1.165, 1.54) is 18.9 Å². The Kier molecular flexibility index (Phi) is 15.2. The number of aryl methyl sites for hydroxylation is 1. The van der Waals surface area contributed by atoms with Crippen molar-refractivity contribution < 1.29 is 13.9 Å². The Bertz CT molecular complexity index is 783. The van der Waals surface area contributed by atoms with Gasteiger partial charge >= 0.3 is 5.97 Å². The number of carbonyl (C=O) groups is 1. The standard InChI is InChI=1S/C14H16BrNO2.C5H10.C3H5F.C3H8/c1-14(2,3)18-13(17)12-11(15)9-7-5-6-8-10(9)16(12)4;1-4-5(2)3;1-3(2)4;1-3-2/h5-8H,1-4H3;4H,1-3H3;1H2,2H3;3H2,1-2H3. The lowest BCUT2D eigenvalue weighted by molar-refractivity contribution is 0.00583. The van der Waals surface area contributed by atoms with Crippen LogP contribution in [-0.4, -0.2) is 16.1 Å². The fraction of sp³-hybridized carbons (Fsp3) is 0.480. The second-order valence-corrected chi connectivity index (χ2v) is 8.78. The van der Waals surface area contributed by atoms with Crippen molar-refractivity contribution in [3.05, 3.63) is 58.5 Å². The molecule has 5 heteroatoms. The minimum atomic E-state index is -0.493. The van der Waals surface area contributed by atoms with Gasteiger partial charge in [-0.1, -0.05) is 56.7 Å². The third kappa shape index (κ3) is 12.6. The smallest absolute Gasteiger partial charge is 0.356 e. The first kappa shape index (κ1) is 30.3. The highest BCUT2D eigenvalue weighted by atomic mass is 79.9. The Labute approximate surface area is 191 Å². The lowest BCUT2D eigenvalue weighted by Crippen LogP contribution is -2.25. The van der Waals surface area contributed by atoms with E-state index >= 15 is 0 Å². The monoisotopic (exact) mass is 483 g/mol. The van der Waals surface area contributed by atoms with Gasteiger partial charge in [-0.05, 0) is 70.5 Å². The number of hydrogen-bond acceptors (Lipinski definition) is 2. The van der Waals surface area contributed by atoms with Crippen molar-refractivity contribution in [3.8, 4) is 0 Å². The molecule has 3 nitrogen and oxygen atoms in total. The van der Waals surface area contributed by atoms with Gasteiger partial charge in [0.05, 0.1) is 10.3 Å². The molecule has 0 amide bonds. The molecule has 0 spiro atoms. The number of benzene rings is 1. The highest BCUT2D eigenvalue weighted by Crippen LogP contribution is 2.31. The number of rotatable bonds is 1. The molecule has 0 unspecified atom stereocenters. The molecule has 0 aliphatic carbocycles. The van der Waals surface area contributed by atoms with Gasteiger partial charge in [-0.15, -0.1) is 0 Å². The molecule has 170 valence electrons. The highest BCUT2D eigenvalue weighted by molar-refractivity contribution is 9.10. The van der Waals surface area contributed by atoms with Gasteiger partial charge in [0.25, 0.3) is 0 Å². The van der Waals surface area contributed by atoms with E-state index < -0.39 is 5.60 Å². The molecule has 2 aromatic rings. The van der Waals surface area contributed by atoms with Gasteiger partial charge in [0, 0.05) is 18.0 Å². The summed E-state index contributed by atoms with van der Waals surface area (Å²) in [7, 11) is 1.87. The summed E-state index contributed by atoms with van der Waals surface area (Å²) in [6.45, 7) is 20.2. The summed E-state index contributed by atoms with van der Waals surface area (Å²) in [6.07, 6.45) is 3.33. The van der Waals surface area contributed by atoms with Crippen LogP contribution in [0.3, 0.4) is 0 Å². The van der Waals surface area contributed by atoms with E-state index in [4.69, 9.17) is 4.74 Å². The topological polar surface area (TPSA) is 31.2 Å². The largest absolute Gasteiger partial charge is 0.455 e. The first-order valence-corrected chi connectivity index (χ1v) is 10.9. The van der Waals surface area contributed by atoms with Crippen LogP contribution in [0.1, 0.15) is 79.2 Å². The third-order valence-electron chi connectivity index (χ3n) is 3.21. The highest BCUT2D eigenvalue weighted by Gasteiger charge is 2.24. The number of aromatic nitrogens is 1. The van der Waals surface area contributed by atoms with Gasteiger partial charge in [0.2, 0.25) is 0 Å². The summed E-state index contributed by atoms with van der Waals surface area (Å²) in [5.41, 5.74) is 2.44. The summed E-state index contributed by atoms with van der Waals surface area (Å²) in [5, 5.41) is 1.01. The summed E-state index contributed by atoms with van der Waals surface area (Å²) >= 11 is 3.49. The maximum atomic E-state index is 12.2. The van der Waals surface area contributed by atoms with Crippen LogP contribution in [-0.2, 0) is 11.8 Å². The van der Waals surface area contributed by atoms with Gasteiger partial charge in [-0.2, -0.15) is 0 Å². The van der Waals surface area contributed by atoms with Crippen LogP contribution in [0.5, 0.6) is 0 Å². The van der Waals surface area contributed by atoms with Crippen LogP contribution in [0.25, 0.3) is 10.9 Å². The Morgan fingerprint density at radius 1 is 1.20 bits per heavy atom. The zero-order valence-electron chi connectivity index (χ0n) is 20.3. The van der Waals surface area contributed by atoms with E-state index in [-0.39, 0.29) is 11.8 Å². The second kappa shape index (κ2) is 15.0. The fourth-order valence-corrected chi connectivity index (χ4v) is 2.66. The molecule has 2 rings (SSSR count). The van der Waals surface area contributed by atoms with Crippen molar-refractivity contribution >= 4 is 32.8 Å². The normalized spacial score (nSPS) is 9.73. The number of allylic oxidation sites excluding steroid dienone is 3. The van der Waals surface area contributed by atoms with Gasteiger partial charge in [0.1, 0.15) is 11.3 Å². The number of para-hydroxylation sites is 1. The number of halogens is 2.